The van der Waals surface area contributed by atoms with Crippen molar-refractivity contribution in [3.8, 4) is 5.75 Å². The van der Waals surface area contributed by atoms with Gasteiger partial charge in [-0.15, -0.1) is 0 Å². The maximum Gasteiger partial charge on any atom is 0.119 e. The lowest BCUT2D eigenvalue weighted by molar-refractivity contribution is 0.329. The highest BCUT2D eigenvalue weighted by Gasteiger charge is 2.33. The monoisotopic (exact) mass is 182 g/mol. The van der Waals surface area contributed by atoms with E-state index in [-0.39, 0.29) is 5.25 Å². The van der Waals surface area contributed by atoms with Gasteiger partial charge in [0, 0.05) is 16.6 Å². The Morgan fingerprint density at radius 2 is 2.08 bits per heavy atom. The van der Waals surface area contributed by atoms with Gasteiger partial charge in [-0.3, -0.25) is 4.21 Å². The molecule has 64 valence electrons. The molecular weight excluding hydrogens is 172 g/mol. The summed E-state index contributed by atoms with van der Waals surface area (Å²) in [5, 5.41) is 0.283. The van der Waals surface area contributed by atoms with E-state index < -0.39 is 10.8 Å². The molecule has 0 saturated carbocycles. The SMILES string of the molecule is O=S1C[C@H]1COc1ccccc1. The summed E-state index contributed by atoms with van der Waals surface area (Å²) >= 11 is 0. The molecule has 0 radical (unpaired) electrons. The van der Waals surface area contributed by atoms with E-state index in [1.807, 2.05) is 30.3 Å². The van der Waals surface area contributed by atoms with Crippen LogP contribution in [0.1, 0.15) is 0 Å². The average Bonchev–Trinajstić information content (AvgIpc) is 2.81. The van der Waals surface area contributed by atoms with E-state index in [1.165, 1.54) is 0 Å². The van der Waals surface area contributed by atoms with Crippen molar-refractivity contribution in [2.45, 2.75) is 5.25 Å². The maximum absolute atomic E-state index is 10.7. The number of ether oxygens (including phenoxy) is 1. The van der Waals surface area contributed by atoms with Crippen molar-refractivity contribution in [2.24, 2.45) is 0 Å². The van der Waals surface area contributed by atoms with Gasteiger partial charge in [0.15, 0.2) is 0 Å². The summed E-state index contributed by atoms with van der Waals surface area (Å²) < 4.78 is 16.1. The Morgan fingerprint density at radius 1 is 1.42 bits per heavy atom. The first kappa shape index (κ1) is 7.80. The first-order valence-corrected chi connectivity index (χ1v) is 5.29. The third kappa shape index (κ3) is 1.85. The Kier molecular flexibility index (Phi) is 2.13. The second-order valence-electron chi connectivity index (χ2n) is 2.79. The van der Waals surface area contributed by atoms with Gasteiger partial charge in [-0.05, 0) is 12.1 Å². The minimum atomic E-state index is -0.598. The summed E-state index contributed by atoms with van der Waals surface area (Å²) in [5.74, 6) is 1.67. The van der Waals surface area contributed by atoms with Gasteiger partial charge < -0.3 is 4.74 Å². The van der Waals surface area contributed by atoms with E-state index in [4.69, 9.17) is 4.74 Å². The number of rotatable bonds is 3. The van der Waals surface area contributed by atoms with E-state index in [2.05, 4.69) is 0 Å². The summed E-state index contributed by atoms with van der Waals surface area (Å²) in [6.07, 6.45) is 0. The molecule has 0 aliphatic carbocycles. The molecule has 0 bridgehead atoms. The molecular formula is C9H10O2S. The van der Waals surface area contributed by atoms with Crippen molar-refractivity contribution in [1.82, 2.24) is 0 Å². The van der Waals surface area contributed by atoms with Crippen LogP contribution in [0.5, 0.6) is 5.75 Å². The van der Waals surface area contributed by atoms with Crippen molar-refractivity contribution >= 4 is 10.8 Å². The van der Waals surface area contributed by atoms with E-state index in [0.29, 0.717) is 6.61 Å². The molecule has 1 saturated heterocycles. The van der Waals surface area contributed by atoms with Crippen molar-refractivity contribution in [3.63, 3.8) is 0 Å². The average molecular weight is 182 g/mol. The molecule has 0 amide bonds. The molecule has 1 heterocycles. The molecule has 1 aromatic rings. The standard InChI is InChI=1S/C9H10O2S/c10-12-7-9(12)6-11-8-4-2-1-3-5-8/h1-5,9H,6-7H2/t9-,12?/m1/s1. The third-order valence-corrected chi connectivity index (χ3v) is 3.13. The minimum Gasteiger partial charge on any atom is -0.492 e. The fourth-order valence-electron chi connectivity index (χ4n) is 0.974. The Balaban J connectivity index is 1.84. The van der Waals surface area contributed by atoms with E-state index in [9.17, 15) is 4.21 Å². The van der Waals surface area contributed by atoms with Gasteiger partial charge in [0.05, 0.1) is 5.25 Å². The van der Waals surface area contributed by atoms with Gasteiger partial charge >= 0.3 is 0 Å². The highest BCUT2D eigenvalue weighted by molar-refractivity contribution is 7.93. The second-order valence-corrected chi connectivity index (χ2v) is 4.55. The van der Waals surface area contributed by atoms with Crippen LogP contribution in [0.2, 0.25) is 0 Å². The summed E-state index contributed by atoms with van der Waals surface area (Å²) in [7, 11) is -0.598. The Morgan fingerprint density at radius 3 is 2.67 bits per heavy atom. The normalized spacial score (nSPS) is 26.7. The highest BCUT2D eigenvalue weighted by atomic mass is 32.2. The van der Waals surface area contributed by atoms with Crippen molar-refractivity contribution < 1.29 is 8.95 Å². The summed E-state index contributed by atoms with van der Waals surface area (Å²) in [6.45, 7) is 0.594. The molecule has 1 aliphatic rings. The Labute approximate surface area is 74.0 Å². The maximum atomic E-state index is 10.7. The quantitative estimate of drug-likeness (QED) is 0.656. The molecule has 1 fully saturated rings. The fraction of sp³-hybridized carbons (Fsp3) is 0.333. The van der Waals surface area contributed by atoms with E-state index >= 15 is 0 Å². The van der Waals surface area contributed by atoms with Gasteiger partial charge in [0.2, 0.25) is 0 Å². The molecule has 2 nitrogen and oxygen atoms in total. The number of para-hydroxylation sites is 1. The van der Waals surface area contributed by atoms with Gasteiger partial charge in [-0.1, -0.05) is 18.2 Å². The van der Waals surface area contributed by atoms with Crippen LogP contribution >= 0.6 is 0 Å². The van der Waals surface area contributed by atoms with Crippen molar-refractivity contribution in [2.75, 3.05) is 12.4 Å². The van der Waals surface area contributed by atoms with Crippen LogP contribution < -0.4 is 4.74 Å². The van der Waals surface area contributed by atoms with Crippen molar-refractivity contribution in [3.05, 3.63) is 30.3 Å². The molecule has 2 rings (SSSR count). The lowest BCUT2D eigenvalue weighted by atomic mass is 10.3. The summed E-state index contributed by atoms with van der Waals surface area (Å²) in [4.78, 5) is 0. The zero-order valence-electron chi connectivity index (χ0n) is 6.60. The van der Waals surface area contributed by atoms with Gasteiger partial charge in [0.25, 0.3) is 0 Å². The molecule has 12 heavy (non-hydrogen) atoms. The molecule has 0 spiro atoms. The van der Waals surface area contributed by atoms with E-state index in [0.717, 1.165) is 11.5 Å². The lowest BCUT2D eigenvalue weighted by Crippen LogP contribution is -2.04. The predicted octanol–water partition coefficient (Wildman–Crippen LogP) is 1.20. The van der Waals surface area contributed by atoms with Gasteiger partial charge in [-0.2, -0.15) is 0 Å². The molecule has 0 aromatic heterocycles. The molecule has 1 aromatic carbocycles. The topological polar surface area (TPSA) is 26.3 Å². The number of hydrogen-bond donors (Lipinski definition) is 0. The number of benzene rings is 1. The first-order chi connectivity index (χ1) is 5.86. The number of hydrogen-bond acceptors (Lipinski definition) is 2. The lowest BCUT2D eigenvalue weighted by Gasteiger charge is -2.02. The molecule has 0 N–H and O–H groups in total. The highest BCUT2D eigenvalue weighted by Crippen LogP contribution is 2.17. The predicted molar refractivity (Wildman–Crippen MR) is 48.7 cm³/mol. The fourth-order valence-corrected chi connectivity index (χ4v) is 1.74. The molecule has 3 heteroatoms. The zero-order valence-corrected chi connectivity index (χ0v) is 7.42. The molecule has 2 atom stereocenters. The smallest absolute Gasteiger partial charge is 0.119 e. The molecule has 1 unspecified atom stereocenters. The first-order valence-electron chi connectivity index (χ1n) is 3.91. The Hall–Kier alpha value is -0.830. The summed E-state index contributed by atoms with van der Waals surface area (Å²) in [5.41, 5.74) is 0. The Bertz CT molecular complexity index is 284. The van der Waals surface area contributed by atoms with Crippen molar-refractivity contribution in [1.29, 1.82) is 0 Å². The zero-order chi connectivity index (χ0) is 8.39. The van der Waals surface area contributed by atoms with Crippen LogP contribution in [0.4, 0.5) is 0 Å². The largest absolute Gasteiger partial charge is 0.492 e. The van der Waals surface area contributed by atoms with Gasteiger partial charge in [-0.25, -0.2) is 0 Å². The van der Waals surface area contributed by atoms with Crippen LogP contribution in [-0.4, -0.2) is 21.8 Å². The van der Waals surface area contributed by atoms with E-state index in [1.54, 1.807) is 0 Å². The third-order valence-electron chi connectivity index (χ3n) is 1.79. The van der Waals surface area contributed by atoms with Crippen LogP contribution in [0.3, 0.4) is 0 Å². The minimum absolute atomic E-state index is 0.283. The molecule has 1 aliphatic heterocycles. The van der Waals surface area contributed by atoms with Crippen LogP contribution in [-0.2, 0) is 10.8 Å². The van der Waals surface area contributed by atoms with Crippen LogP contribution in [0.15, 0.2) is 30.3 Å². The van der Waals surface area contributed by atoms with Crippen LogP contribution in [0.25, 0.3) is 0 Å². The summed E-state index contributed by atoms with van der Waals surface area (Å²) in [6, 6.07) is 9.62. The second kappa shape index (κ2) is 3.27. The van der Waals surface area contributed by atoms with Gasteiger partial charge in [0.1, 0.15) is 12.4 Å². The van der Waals surface area contributed by atoms with Crippen LogP contribution in [0, 0.1) is 0 Å².